The van der Waals surface area contributed by atoms with Crippen LogP contribution in [0.2, 0.25) is 0 Å². The van der Waals surface area contributed by atoms with E-state index in [1.807, 2.05) is 6.92 Å². The molecule has 5 heterocycles. The number of nitrogens with two attached hydrogens (primary N) is 2. The third-order valence-corrected chi connectivity index (χ3v) is 26.5. The molecule has 5 bridgehead atoms. The highest BCUT2D eigenvalue weighted by Gasteiger charge is 2.80. The normalized spacial score (nSPS) is 46.7. The summed E-state index contributed by atoms with van der Waals surface area (Å²) in [5.41, 5.74) is 7.61. The van der Waals surface area contributed by atoms with E-state index in [0.717, 1.165) is 11.3 Å². The standard InChI is InChI=1S/C66H95N11O13/c1-60(28-78)17-18-65(58(87)88)38(23-60)36-21-32-11-12-33-9-8-14-64(33)45(47(77-57(64)86)44(41-26-71-30-74-41)48(81)35(54(67)85)24-70-19-20-72-59(68)69-5)34-10-6-7-15-66(36,37-22-40-55(76-31-75-40)73-25-39(37)65)62(3)16-13-43-61(2,29-79)53(50(83)46(34)63(43,4)52(32)62)90-56-51(84)49(82)42(80)27-89-56/h21,26,30-35,37-39,42-54,56,70,73,78-85H,7-9,13-20,22-25,27-29,67H2,1-5H3,(H,71,74)(H,75,76)(H,77,86)(H,87,88)(H3,68,69,72). The van der Waals surface area contributed by atoms with Crippen LogP contribution in [-0.4, -0.2) is 192 Å². The molecule has 7 fully saturated rings. The SMILES string of the molecule is CN=C(N)NCCNCC(C(N)O)C(O)C(c1cnc[nH]1)C1NC(=O)C23CCCC2C#CC2C=C4C5CC(C)(CO)CCC5(C(=O)O)C5CNc6nc[nH]c6CC5C45CCC#CC(C13)C1C(O)C(OC3OCC(O)C(O)C3O)C(C)(CO)C3CCC5(C)C2C13C. The van der Waals surface area contributed by atoms with Crippen LogP contribution >= 0.6 is 0 Å². The number of carboxylic acid groups (broad SMARTS) is 1. The molecule has 8 aliphatic carbocycles. The number of carboxylic acids is 1. The molecule has 5 saturated carbocycles. The van der Waals surface area contributed by atoms with Gasteiger partial charge in [-0.2, -0.15) is 0 Å². The molecule has 492 valence electrons. The Hall–Kier alpha value is -5.19. The van der Waals surface area contributed by atoms with Gasteiger partial charge in [-0.05, 0) is 104 Å². The van der Waals surface area contributed by atoms with Crippen LogP contribution in [-0.2, 0) is 25.5 Å². The van der Waals surface area contributed by atoms with Gasteiger partial charge in [0.05, 0.1) is 60.7 Å². The smallest absolute Gasteiger partial charge is 0.310 e. The number of fused-ring (bicyclic) bond motifs is 6. The number of guanidine groups is 1. The molecule has 2 saturated heterocycles. The van der Waals surface area contributed by atoms with E-state index in [-0.39, 0.29) is 37.5 Å². The number of nitrogens with zero attached hydrogens (tertiary/aromatic N) is 3. The zero-order chi connectivity index (χ0) is 63.8. The quantitative estimate of drug-likeness (QED) is 0.0214. The van der Waals surface area contributed by atoms with Crippen molar-refractivity contribution in [3.05, 3.63) is 41.9 Å². The van der Waals surface area contributed by atoms with Gasteiger partial charge in [0.15, 0.2) is 12.2 Å². The number of ether oxygens (including phenoxy) is 2. The number of hydrogen-bond donors (Lipinski definition) is 17. The maximum Gasteiger partial charge on any atom is 0.310 e. The lowest BCUT2D eigenvalue weighted by Crippen LogP contribution is -2.76. The number of rotatable bonds is 15. The first-order valence-corrected chi connectivity index (χ1v) is 33.0. The molecule has 11 aliphatic rings. The number of allylic oxidation sites excluding steroid dienone is 2. The van der Waals surface area contributed by atoms with Crippen molar-refractivity contribution in [3.8, 4) is 23.7 Å². The van der Waals surface area contributed by atoms with Crippen LogP contribution in [0.5, 0.6) is 0 Å². The zero-order valence-corrected chi connectivity index (χ0v) is 52.3. The van der Waals surface area contributed by atoms with Crippen molar-refractivity contribution < 1.29 is 65.0 Å². The van der Waals surface area contributed by atoms with E-state index < -0.39 is 171 Å². The van der Waals surface area contributed by atoms with Gasteiger partial charge in [-0.15, -0.1) is 5.92 Å². The van der Waals surface area contributed by atoms with Gasteiger partial charge in [0.2, 0.25) is 5.91 Å². The Kier molecular flexibility index (Phi) is 16.3. The number of carbonyl (C=O) groups is 2. The predicted octanol–water partition coefficient (Wildman–Crippen LogP) is 0.105. The Morgan fingerprint density at radius 2 is 1.76 bits per heavy atom. The van der Waals surface area contributed by atoms with Gasteiger partial charge >= 0.3 is 5.97 Å². The summed E-state index contributed by atoms with van der Waals surface area (Å²) in [5.74, 6) is 7.09. The van der Waals surface area contributed by atoms with Crippen molar-refractivity contribution in [2.75, 3.05) is 58.4 Å². The maximum absolute atomic E-state index is 16.2. The molecule has 0 radical (unpaired) electrons. The lowest BCUT2D eigenvalue weighted by atomic mass is 9.26. The number of H-pyrrole nitrogens is 2. The van der Waals surface area contributed by atoms with Crippen LogP contribution in [0.25, 0.3) is 0 Å². The Labute approximate surface area is 525 Å². The zero-order valence-electron chi connectivity index (χ0n) is 52.3. The lowest BCUT2D eigenvalue weighted by Gasteiger charge is -2.77. The monoisotopic (exact) mass is 1250 g/mol. The van der Waals surface area contributed by atoms with Gasteiger partial charge in [0.1, 0.15) is 30.4 Å². The average Bonchev–Trinajstić information content (AvgIpc) is 0.936. The van der Waals surface area contributed by atoms with Crippen LogP contribution in [0.1, 0.15) is 109 Å². The Morgan fingerprint density at radius 3 is 2.48 bits per heavy atom. The molecule has 2 aromatic rings. The van der Waals surface area contributed by atoms with E-state index in [2.05, 4.69) is 91.7 Å². The number of hydrogen-bond acceptors (Lipinski definition) is 18. The number of aliphatic hydroxyl groups is 8. The Morgan fingerprint density at radius 1 is 0.956 bits per heavy atom. The summed E-state index contributed by atoms with van der Waals surface area (Å²) in [7, 11) is 1.57. The van der Waals surface area contributed by atoms with Crippen molar-refractivity contribution >= 4 is 23.7 Å². The number of anilines is 1. The van der Waals surface area contributed by atoms with Crippen LogP contribution in [0.4, 0.5) is 5.82 Å². The minimum Gasteiger partial charge on any atom is -0.481 e. The fraction of sp³-hybridized carbons (Fsp3) is 0.773. The highest BCUT2D eigenvalue weighted by atomic mass is 16.7. The van der Waals surface area contributed by atoms with Crippen LogP contribution in [0.3, 0.4) is 0 Å². The van der Waals surface area contributed by atoms with E-state index in [0.29, 0.717) is 102 Å². The van der Waals surface area contributed by atoms with E-state index >= 15 is 4.79 Å². The Bertz CT molecular complexity index is 3250. The fourth-order valence-electron chi connectivity index (χ4n) is 22.7. The topological polar surface area (TPSA) is 405 Å². The molecule has 3 aliphatic heterocycles. The van der Waals surface area contributed by atoms with Crippen molar-refractivity contribution in [2.45, 2.75) is 159 Å². The second-order valence-electron chi connectivity index (χ2n) is 30.1. The minimum absolute atomic E-state index is 0.0367. The lowest BCUT2D eigenvalue weighted by molar-refractivity contribution is -0.346. The van der Waals surface area contributed by atoms with Crippen LogP contribution in [0, 0.1) is 127 Å². The summed E-state index contributed by atoms with van der Waals surface area (Å²) in [6, 6.07) is -0.979. The number of aromatic nitrogens is 4. The molecule has 24 heteroatoms. The molecule has 28 unspecified atom stereocenters. The van der Waals surface area contributed by atoms with Gasteiger partial charge in [-0.1, -0.05) is 63.5 Å². The average molecular weight is 1250 g/mol. The highest BCUT2D eigenvalue weighted by molar-refractivity contribution is 5.88. The maximum atomic E-state index is 16.2. The number of amides is 1. The minimum atomic E-state index is -1.76. The highest BCUT2D eigenvalue weighted by Crippen LogP contribution is 2.82. The summed E-state index contributed by atoms with van der Waals surface area (Å²) in [6.07, 6.45) is -0.0598. The van der Waals surface area contributed by atoms with Crippen LogP contribution in [0.15, 0.2) is 35.5 Å². The number of aromatic amines is 2. The number of aliphatic hydroxyl groups excluding tert-OH is 8. The summed E-state index contributed by atoms with van der Waals surface area (Å²) in [4.78, 5) is 51.1. The number of nitrogens with one attached hydrogen (secondary N) is 6. The molecular weight excluding hydrogens is 1150 g/mol. The van der Waals surface area contributed by atoms with Gasteiger partial charge in [-0.25, -0.2) is 9.97 Å². The number of aliphatic carboxylic acids is 1. The summed E-state index contributed by atoms with van der Waals surface area (Å²) in [5, 5.41) is 122. The summed E-state index contributed by atoms with van der Waals surface area (Å²) >= 11 is 0. The van der Waals surface area contributed by atoms with Gasteiger partial charge in [-0.3, -0.25) is 14.6 Å². The van der Waals surface area contributed by atoms with E-state index in [9.17, 15) is 50.8 Å². The van der Waals surface area contributed by atoms with Crippen molar-refractivity contribution in [1.29, 1.82) is 0 Å². The molecule has 28 atom stereocenters. The molecular formula is C66H95N11O13. The predicted molar refractivity (Wildman–Crippen MR) is 327 cm³/mol. The molecule has 2 spiro atoms. The molecule has 13 rings (SSSR count). The van der Waals surface area contributed by atoms with Crippen LogP contribution < -0.4 is 32.7 Å². The molecule has 2 aromatic heterocycles. The van der Waals surface area contributed by atoms with E-state index in [4.69, 9.17) is 25.9 Å². The molecule has 19 N–H and O–H groups in total. The van der Waals surface area contributed by atoms with Gasteiger partial charge in [0, 0.05) is 116 Å². The second-order valence-corrected chi connectivity index (χ2v) is 30.1. The first-order chi connectivity index (χ1) is 43.0. The van der Waals surface area contributed by atoms with Crippen molar-refractivity contribution in [2.24, 2.45) is 119 Å². The van der Waals surface area contributed by atoms with E-state index in [1.165, 1.54) is 6.33 Å². The Balaban J connectivity index is 1.07. The molecule has 24 nitrogen and oxygen atoms in total. The van der Waals surface area contributed by atoms with Gasteiger partial charge < -0.3 is 98.1 Å². The summed E-state index contributed by atoms with van der Waals surface area (Å²) in [6.45, 7) is 8.70. The van der Waals surface area contributed by atoms with Crippen molar-refractivity contribution in [1.82, 2.24) is 35.9 Å². The summed E-state index contributed by atoms with van der Waals surface area (Å²) < 4.78 is 13.0. The number of carbonyl (C=O) groups excluding carboxylic acids is 1. The van der Waals surface area contributed by atoms with Crippen molar-refractivity contribution in [3.63, 3.8) is 0 Å². The second kappa shape index (κ2) is 23.1. The molecule has 0 aromatic carbocycles. The third kappa shape index (κ3) is 8.95. The first-order valence-electron chi connectivity index (χ1n) is 33.0. The molecule has 90 heavy (non-hydrogen) atoms. The number of aliphatic imine (C=N–C) groups is 1. The molecule has 1 amide bonds. The largest absolute Gasteiger partial charge is 0.481 e. The number of imidazole rings is 2. The fourth-order valence-corrected chi connectivity index (χ4v) is 22.7. The van der Waals surface area contributed by atoms with Gasteiger partial charge in [0.25, 0.3) is 0 Å². The van der Waals surface area contributed by atoms with E-state index in [1.54, 1.807) is 19.6 Å². The first kappa shape index (κ1) is 63.6. The third-order valence-electron chi connectivity index (χ3n) is 26.5.